The average Bonchev–Trinajstić information content (AvgIpc) is 3.20. The molecule has 2 atom stereocenters. The highest BCUT2D eigenvalue weighted by atomic mass is 35.5. The minimum Gasteiger partial charge on any atom is -0.319 e. The van der Waals surface area contributed by atoms with Gasteiger partial charge in [-0.25, -0.2) is 0 Å². The maximum atomic E-state index is 10.8. The Bertz CT molecular complexity index is 1390. The first-order chi connectivity index (χ1) is 17.2. The van der Waals surface area contributed by atoms with Crippen molar-refractivity contribution in [3.8, 4) is 23.3 Å². The number of anilines is 1. The van der Waals surface area contributed by atoms with Gasteiger partial charge < -0.3 is 4.90 Å². The Morgan fingerprint density at radius 3 is 2.31 bits per heavy atom. The third kappa shape index (κ3) is 3.28. The van der Waals surface area contributed by atoms with Gasteiger partial charge in [-0.1, -0.05) is 85.5 Å². The zero-order chi connectivity index (χ0) is 24.0. The molecular formula is C30H25ClN4. The lowest BCUT2D eigenvalue weighted by molar-refractivity contribution is 0.433. The van der Waals surface area contributed by atoms with Crippen LogP contribution in [0.1, 0.15) is 55.2 Å². The van der Waals surface area contributed by atoms with Crippen LogP contribution in [0.2, 0.25) is 5.02 Å². The monoisotopic (exact) mass is 476 g/mol. The first kappa shape index (κ1) is 21.9. The van der Waals surface area contributed by atoms with Crippen LogP contribution < -0.4 is 4.90 Å². The van der Waals surface area contributed by atoms with Crippen LogP contribution in [0.3, 0.4) is 0 Å². The van der Waals surface area contributed by atoms with Crippen LogP contribution in [0, 0.1) is 28.1 Å². The van der Waals surface area contributed by atoms with Crippen molar-refractivity contribution in [3.05, 3.63) is 88.9 Å². The van der Waals surface area contributed by atoms with Gasteiger partial charge in [0.05, 0.1) is 35.8 Å². The Hall–Kier alpha value is -3.60. The molecule has 4 nitrogen and oxygen atoms in total. The Labute approximate surface area is 211 Å². The van der Waals surface area contributed by atoms with Crippen LogP contribution in [0.25, 0.3) is 11.1 Å². The third-order valence-corrected chi connectivity index (χ3v) is 8.04. The molecule has 6 rings (SSSR count). The van der Waals surface area contributed by atoms with Crippen molar-refractivity contribution < 1.29 is 0 Å². The molecule has 3 aromatic rings. The van der Waals surface area contributed by atoms with E-state index in [-0.39, 0.29) is 6.04 Å². The van der Waals surface area contributed by atoms with Crippen LogP contribution in [0.15, 0.2) is 77.8 Å². The standard InChI is InChI=1S/C30H25ClN4/c31-21-10-8-9-20(17-21)27-29(34-22-11-2-1-3-12-22)35-26-16-7-6-14-24(26)23-13-4-5-15-25(23)28(35)30(27,18-32)19-33/h4-10,13-17,22,27-28H,1-3,11-12H2/t27-,28+/m0/s1. The van der Waals surface area contributed by atoms with Crippen LogP contribution in [0.5, 0.6) is 0 Å². The minimum absolute atomic E-state index is 0.193. The lowest BCUT2D eigenvalue weighted by atomic mass is 9.69. The molecule has 35 heavy (non-hydrogen) atoms. The third-order valence-electron chi connectivity index (χ3n) is 7.80. The predicted octanol–water partition coefficient (Wildman–Crippen LogP) is 7.43. The van der Waals surface area contributed by atoms with E-state index in [1.807, 2.05) is 48.5 Å². The molecule has 0 spiro atoms. The fraction of sp³-hybridized carbons (Fsp3) is 0.300. The van der Waals surface area contributed by atoms with E-state index >= 15 is 0 Å². The topological polar surface area (TPSA) is 63.2 Å². The Balaban J connectivity index is 1.68. The summed E-state index contributed by atoms with van der Waals surface area (Å²) in [4.78, 5) is 7.57. The summed E-state index contributed by atoms with van der Waals surface area (Å²) in [5.74, 6) is 0.302. The number of benzene rings is 3. The van der Waals surface area contributed by atoms with Gasteiger partial charge >= 0.3 is 0 Å². The molecule has 0 aromatic heterocycles. The number of rotatable bonds is 2. The van der Waals surface area contributed by atoms with Crippen LogP contribution in [0.4, 0.5) is 5.69 Å². The number of hydrogen-bond acceptors (Lipinski definition) is 3. The van der Waals surface area contributed by atoms with Gasteiger partial charge in [0, 0.05) is 10.6 Å². The Morgan fingerprint density at radius 2 is 1.57 bits per heavy atom. The van der Waals surface area contributed by atoms with Crippen molar-refractivity contribution in [2.45, 2.75) is 50.1 Å². The zero-order valence-corrected chi connectivity index (χ0v) is 20.1. The number of fused-ring (bicyclic) bond motifs is 6. The first-order valence-corrected chi connectivity index (χ1v) is 12.7. The highest BCUT2D eigenvalue weighted by molar-refractivity contribution is 6.30. The van der Waals surface area contributed by atoms with E-state index in [0.29, 0.717) is 5.02 Å². The second-order valence-corrected chi connectivity index (χ2v) is 10.2. The van der Waals surface area contributed by atoms with Crippen molar-refractivity contribution in [1.82, 2.24) is 0 Å². The van der Waals surface area contributed by atoms with Gasteiger partial charge in [-0.15, -0.1) is 0 Å². The number of aliphatic imine (C=N–C) groups is 1. The summed E-state index contributed by atoms with van der Waals surface area (Å²) >= 11 is 6.44. The number of nitrogens with zero attached hydrogens (tertiary/aromatic N) is 4. The lowest BCUT2D eigenvalue weighted by Gasteiger charge is -2.38. The Morgan fingerprint density at radius 1 is 0.857 bits per heavy atom. The number of nitriles is 2. The summed E-state index contributed by atoms with van der Waals surface area (Å²) in [6, 6.07) is 28.8. The second kappa shape index (κ2) is 8.56. The van der Waals surface area contributed by atoms with Crippen molar-refractivity contribution in [2.75, 3.05) is 4.90 Å². The molecule has 0 amide bonds. The maximum Gasteiger partial charge on any atom is 0.182 e. The van der Waals surface area contributed by atoms with E-state index < -0.39 is 17.4 Å². The van der Waals surface area contributed by atoms with Gasteiger partial charge in [0.15, 0.2) is 5.41 Å². The van der Waals surface area contributed by atoms with E-state index in [0.717, 1.165) is 59.5 Å². The maximum absolute atomic E-state index is 10.8. The molecule has 2 aliphatic heterocycles. The van der Waals surface area contributed by atoms with Crippen molar-refractivity contribution >= 4 is 23.1 Å². The molecule has 3 aromatic carbocycles. The van der Waals surface area contributed by atoms with Crippen LogP contribution in [-0.2, 0) is 0 Å². The van der Waals surface area contributed by atoms with Gasteiger partial charge in [0.1, 0.15) is 5.84 Å². The molecule has 1 saturated heterocycles. The summed E-state index contributed by atoms with van der Waals surface area (Å²) in [6.07, 6.45) is 5.63. The molecule has 2 fully saturated rings. The normalized spacial score (nSPS) is 23.6. The molecule has 1 aliphatic carbocycles. The number of amidine groups is 1. The fourth-order valence-corrected chi connectivity index (χ4v) is 6.48. The van der Waals surface area contributed by atoms with Gasteiger partial charge in [0.25, 0.3) is 0 Å². The summed E-state index contributed by atoms with van der Waals surface area (Å²) in [5, 5.41) is 22.1. The van der Waals surface area contributed by atoms with Crippen molar-refractivity contribution in [3.63, 3.8) is 0 Å². The van der Waals surface area contributed by atoms with E-state index in [4.69, 9.17) is 16.6 Å². The van der Waals surface area contributed by atoms with Crippen LogP contribution >= 0.6 is 11.6 Å². The highest BCUT2D eigenvalue weighted by Gasteiger charge is 2.62. The van der Waals surface area contributed by atoms with Crippen LogP contribution in [-0.4, -0.2) is 11.9 Å². The summed E-state index contributed by atoms with van der Waals surface area (Å²) < 4.78 is 0. The molecule has 1 saturated carbocycles. The number of hydrogen-bond donors (Lipinski definition) is 0. The summed E-state index contributed by atoms with van der Waals surface area (Å²) in [6.45, 7) is 0. The minimum atomic E-state index is -1.36. The highest BCUT2D eigenvalue weighted by Crippen LogP contribution is 2.61. The van der Waals surface area contributed by atoms with Crippen molar-refractivity contribution in [1.29, 1.82) is 10.5 Å². The smallest absolute Gasteiger partial charge is 0.182 e. The predicted molar refractivity (Wildman–Crippen MR) is 139 cm³/mol. The molecular weight excluding hydrogens is 452 g/mol. The average molecular weight is 477 g/mol. The van der Waals surface area contributed by atoms with E-state index in [2.05, 4.69) is 41.3 Å². The van der Waals surface area contributed by atoms with Gasteiger partial charge in [-0.2, -0.15) is 10.5 Å². The van der Waals surface area contributed by atoms with E-state index in [1.54, 1.807) is 0 Å². The van der Waals surface area contributed by atoms with Gasteiger partial charge in [-0.05, 0) is 47.7 Å². The quantitative estimate of drug-likeness (QED) is 0.386. The molecule has 172 valence electrons. The molecule has 3 aliphatic rings. The summed E-state index contributed by atoms with van der Waals surface area (Å²) in [5.41, 5.74) is 3.68. The first-order valence-electron chi connectivity index (χ1n) is 12.3. The van der Waals surface area contributed by atoms with Gasteiger partial charge in [-0.3, -0.25) is 4.99 Å². The molecule has 0 N–H and O–H groups in total. The fourth-order valence-electron chi connectivity index (χ4n) is 6.28. The molecule has 0 radical (unpaired) electrons. The van der Waals surface area contributed by atoms with Gasteiger partial charge in [0.2, 0.25) is 0 Å². The number of para-hydroxylation sites is 1. The molecule has 0 bridgehead atoms. The summed E-state index contributed by atoms with van der Waals surface area (Å²) in [7, 11) is 0. The molecule has 5 heteroatoms. The van der Waals surface area contributed by atoms with E-state index in [1.165, 1.54) is 6.42 Å². The lowest BCUT2D eigenvalue weighted by Crippen LogP contribution is -2.35. The van der Waals surface area contributed by atoms with E-state index in [9.17, 15) is 10.5 Å². The van der Waals surface area contributed by atoms with Crippen molar-refractivity contribution in [2.24, 2.45) is 10.4 Å². The SMILES string of the molecule is N#CC1(C#N)[C@@H](c2cccc(Cl)c2)C(=NC2CCCCC2)N2c3ccccc3-c3ccccc3[C@@H]21. The molecule has 2 heterocycles. The number of halogens is 1. The second-order valence-electron chi connectivity index (χ2n) is 9.74. The largest absolute Gasteiger partial charge is 0.319 e. The Kier molecular flexibility index (Phi) is 5.36. The zero-order valence-electron chi connectivity index (χ0n) is 19.4. The molecule has 0 unspecified atom stereocenters.